The third kappa shape index (κ3) is 5.64. The molecule has 0 spiro atoms. The van der Waals surface area contributed by atoms with E-state index < -0.39 is 0 Å². The number of carbonyl (C=O) groups excluding carboxylic acids is 2. The van der Waals surface area contributed by atoms with Crippen LogP contribution in [-0.2, 0) is 0 Å². The first-order chi connectivity index (χ1) is 19.8. The molecule has 2 amide bonds. The number of rotatable bonds is 7. The predicted octanol–water partition coefficient (Wildman–Crippen LogP) is 5.12. The maximum atomic E-state index is 13.6. The Morgan fingerprint density at radius 3 is 2.39 bits per heavy atom. The molecule has 0 atom stereocenters. The molecule has 3 N–H and O–H groups in total. The van der Waals surface area contributed by atoms with Crippen molar-refractivity contribution in [1.29, 1.82) is 0 Å². The largest absolute Gasteiger partial charge is 0.497 e. The van der Waals surface area contributed by atoms with Gasteiger partial charge in [-0.1, -0.05) is 28.9 Å². The van der Waals surface area contributed by atoms with Gasteiger partial charge in [0.05, 0.1) is 36.3 Å². The molecule has 0 unspecified atom stereocenters. The minimum atomic E-state index is -0.307. The van der Waals surface area contributed by atoms with E-state index in [-0.39, 0.29) is 11.8 Å². The van der Waals surface area contributed by atoms with E-state index in [1.165, 1.54) is 0 Å². The van der Waals surface area contributed by atoms with Gasteiger partial charge in [0.25, 0.3) is 11.8 Å². The number of aryl methyl sites for hydroxylation is 1. The van der Waals surface area contributed by atoms with E-state index in [0.29, 0.717) is 87.9 Å². The SMILES string of the molecule is COc1ccc(C(=O)Nc2cc(N3CCN(C(=O)c4c(-c5ccccc5OC)noc4C)CC3)c(Cl)cc2N)cc1. The number of nitrogens with two attached hydrogens (primary N) is 1. The second-order valence-corrected chi connectivity index (χ2v) is 9.92. The van der Waals surface area contributed by atoms with Gasteiger partial charge in [-0.2, -0.15) is 0 Å². The maximum absolute atomic E-state index is 13.6. The number of hydrogen-bond donors (Lipinski definition) is 2. The topological polar surface area (TPSA) is 123 Å². The molecule has 5 rings (SSSR count). The number of nitrogen functional groups attached to an aromatic ring is 1. The summed E-state index contributed by atoms with van der Waals surface area (Å²) >= 11 is 6.58. The number of aromatic nitrogens is 1. The van der Waals surface area contributed by atoms with Crippen LogP contribution in [0.1, 0.15) is 26.5 Å². The first-order valence-corrected chi connectivity index (χ1v) is 13.4. The number of methoxy groups -OCH3 is 2. The Kier molecular flexibility index (Phi) is 8.02. The summed E-state index contributed by atoms with van der Waals surface area (Å²) in [6.07, 6.45) is 0. The summed E-state index contributed by atoms with van der Waals surface area (Å²) < 4.78 is 16.1. The molecule has 0 saturated carbocycles. The first-order valence-electron chi connectivity index (χ1n) is 13.0. The smallest absolute Gasteiger partial charge is 0.259 e. The van der Waals surface area contributed by atoms with Crippen molar-refractivity contribution < 1.29 is 23.6 Å². The van der Waals surface area contributed by atoms with Crippen LogP contribution in [0.15, 0.2) is 65.2 Å². The molecule has 3 aromatic carbocycles. The number of halogens is 1. The predicted molar refractivity (Wildman–Crippen MR) is 158 cm³/mol. The van der Waals surface area contributed by atoms with Gasteiger partial charge in [-0.3, -0.25) is 9.59 Å². The summed E-state index contributed by atoms with van der Waals surface area (Å²) in [5.74, 6) is 1.23. The van der Waals surface area contributed by atoms with Crippen LogP contribution in [0.2, 0.25) is 5.02 Å². The van der Waals surface area contributed by atoms with Gasteiger partial charge in [-0.05, 0) is 55.5 Å². The van der Waals surface area contributed by atoms with Crippen molar-refractivity contribution in [2.75, 3.05) is 56.3 Å². The van der Waals surface area contributed by atoms with Gasteiger partial charge in [0.2, 0.25) is 0 Å². The zero-order chi connectivity index (χ0) is 29.1. The van der Waals surface area contributed by atoms with Gasteiger partial charge in [0.1, 0.15) is 28.5 Å². The molecular formula is C30H30ClN5O5. The lowest BCUT2D eigenvalue weighted by Gasteiger charge is -2.36. The van der Waals surface area contributed by atoms with Gasteiger partial charge in [0, 0.05) is 37.3 Å². The quantitative estimate of drug-likeness (QED) is 0.291. The molecule has 1 aromatic heterocycles. The highest BCUT2D eigenvalue weighted by Gasteiger charge is 2.30. The third-order valence-corrected chi connectivity index (χ3v) is 7.37. The zero-order valence-corrected chi connectivity index (χ0v) is 23.7. The number of hydrogen-bond acceptors (Lipinski definition) is 8. The first kappa shape index (κ1) is 27.9. The Morgan fingerprint density at radius 2 is 1.71 bits per heavy atom. The van der Waals surface area contributed by atoms with Crippen LogP contribution in [-0.4, -0.2) is 62.3 Å². The molecule has 11 heteroatoms. The normalized spacial score (nSPS) is 13.2. The molecule has 1 fully saturated rings. The average molecular weight is 576 g/mol. The number of para-hydroxylation sites is 1. The Bertz CT molecular complexity index is 1580. The minimum Gasteiger partial charge on any atom is -0.497 e. The molecule has 2 heterocycles. The number of nitrogens with zero attached hydrogens (tertiary/aromatic N) is 3. The van der Waals surface area contributed by atoms with Crippen LogP contribution in [0.5, 0.6) is 11.5 Å². The second kappa shape index (κ2) is 11.8. The van der Waals surface area contributed by atoms with E-state index >= 15 is 0 Å². The highest BCUT2D eigenvalue weighted by Crippen LogP contribution is 2.36. The number of carbonyl (C=O) groups is 2. The number of nitrogens with one attached hydrogen (secondary N) is 1. The monoisotopic (exact) mass is 575 g/mol. The Hall–Kier alpha value is -4.70. The lowest BCUT2D eigenvalue weighted by atomic mass is 10.0. The van der Waals surface area contributed by atoms with E-state index in [0.717, 1.165) is 0 Å². The van der Waals surface area contributed by atoms with E-state index in [1.54, 1.807) is 62.4 Å². The highest BCUT2D eigenvalue weighted by atomic mass is 35.5. The van der Waals surface area contributed by atoms with Crippen molar-refractivity contribution in [2.24, 2.45) is 0 Å². The maximum Gasteiger partial charge on any atom is 0.259 e. The summed E-state index contributed by atoms with van der Waals surface area (Å²) in [4.78, 5) is 30.3. The fraction of sp³-hybridized carbons (Fsp3) is 0.233. The molecule has 1 saturated heterocycles. The van der Waals surface area contributed by atoms with Gasteiger partial charge >= 0.3 is 0 Å². The highest BCUT2D eigenvalue weighted by molar-refractivity contribution is 6.34. The molecule has 1 aliphatic rings. The molecular weight excluding hydrogens is 546 g/mol. The standard InChI is InChI=1S/C30H30ClN5O5/c1-18-27(28(34-41-18)21-6-4-5-7-26(21)40-3)30(38)36-14-12-35(13-15-36)25-17-24(23(32)16-22(25)31)33-29(37)19-8-10-20(39-2)11-9-19/h4-11,16-17H,12-15,32H2,1-3H3,(H,33,37). The molecule has 0 bridgehead atoms. The molecule has 0 aliphatic carbocycles. The summed E-state index contributed by atoms with van der Waals surface area (Å²) in [5.41, 5.74) is 9.72. The van der Waals surface area contributed by atoms with Gasteiger partial charge in [0.15, 0.2) is 0 Å². The average Bonchev–Trinajstić information content (AvgIpc) is 3.39. The van der Waals surface area contributed by atoms with Crippen LogP contribution < -0.4 is 25.4 Å². The van der Waals surface area contributed by atoms with Crippen LogP contribution in [0.3, 0.4) is 0 Å². The lowest BCUT2D eigenvalue weighted by Crippen LogP contribution is -2.49. The van der Waals surface area contributed by atoms with Crippen LogP contribution in [0.25, 0.3) is 11.3 Å². The van der Waals surface area contributed by atoms with E-state index in [1.807, 2.05) is 24.3 Å². The van der Waals surface area contributed by atoms with Crippen molar-refractivity contribution in [3.05, 3.63) is 82.6 Å². The molecule has 4 aromatic rings. The number of anilines is 3. The lowest BCUT2D eigenvalue weighted by molar-refractivity contribution is 0.0745. The fourth-order valence-corrected chi connectivity index (χ4v) is 5.11. The van der Waals surface area contributed by atoms with Crippen molar-refractivity contribution in [1.82, 2.24) is 10.1 Å². The van der Waals surface area contributed by atoms with Crippen molar-refractivity contribution >= 4 is 40.5 Å². The Labute approximate surface area is 242 Å². The Balaban J connectivity index is 1.31. The summed E-state index contributed by atoms with van der Waals surface area (Å²) in [6, 6.07) is 17.5. The van der Waals surface area contributed by atoms with E-state index in [9.17, 15) is 9.59 Å². The van der Waals surface area contributed by atoms with Crippen LogP contribution in [0.4, 0.5) is 17.1 Å². The summed E-state index contributed by atoms with van der Waals surface area (Å²) in [7, 11) is 3.14. The zero-order valence-electron chi connectivity index (χ0n) is 22.9. The number of ether oxygens (including phenoxy) is 2. The second-order valence-electron chi connectivity index (χ2n) is 9.52. The molecule has 10 nitrogen and oxygen atoms in total. The van der Waals surface area contributed by atoms with Gasteiger partial charge in [-0.15, -0.1) is 0 Å². The van der Waals surface area contributed by atoms with Gasteiger partial charge in [-0.25, -0.2) is 0 Å². The molecule has 1 aliphatic heterocycles. The van der Waals surface area contributed by atoms with Crippen molar-refractivity contribution in [3.63, 3.8) is 0 Å². The number of benzene rings is 3. The number of amides is 2. The third-order valence-electron chi connectivity index (χ3n) is 7.07. The summed E-state index contributed by atoms with van der Waals surface area (Å²) in [6.45, 7) is 3.67. The van der Waals surface area contributed by atoms with E-state index in [2.05, 4.69) is 15.4 Å². The van der Waals surface area contributed by atoms with Crippen LogP contribution in [0, 0.1) is 6.92 Å². The van der Waals surface area contributed by atoms with Gasteiger partial charge < -0.3 is 34.8 Å². The summed E-state index contributed by atoms with van der Waals surface area (Å²) in [5, 5.41) is 7.50. The van der Waals surface area contributed by atoms with E-state index in [4.69, 9.17) is 31.3 Å². The fourth-order valence-electron chi connectivity index (χ4n) is 4.82. The molecule has 0 radical (unpaired) electrons. The van der Waals surface area contributed by atoms with Crippen LogP contribution >= 0.6 is 11.6 Å². The molecule has 41 heavy (non-hydrogen) atoms. The van der Waals surface area contributed by atoms with Crippen molar-refractivity contribution in [2.45, 2.75) is 6.92 Å². The Morgan fingerprint density at radius 1 is 1.00 bits per heavy atom. The van der Waals surface area contributed by atoms with Crippen molar-refractivity contribution in [3.8, 4) is 22.8 Å². The minimum absolute atomic E-state index is 0.167. The number of piperazine rings is 1. The molecule has 212 valence electrons.